The number of nitrogens with zero attached hydrogens (tertiary/aromatic N) is 2. The first-order valence-electron chi connectivity index (χ1n) is 4.64. The fourth-order valence-corrected chi connectivity index (χ4v) is 1.63. The number of hydrogen-bond donors (Lipinski definition) is 0. The van der Waals surface area contributed by atoms with Gasteiger partial charge in [0.2, 0.25) is 0 Å². The number of methoxy groups -OCH3 is 1. The van der Waals surface area contributed by atoms with Gasteiger partial charge in [0.1, 0.15) is 17.6 Å². The number of aryl methyl sites for hydroxylation is 2. The fourth-order valence-electron chi connectivity index (χ4n) is 1.63. The Morgan fingerprint density at radius 2 is 2.20 bits per heavy atom. The highest BCUT2D eigenvalue weighted by Gasteiger charge is 2.11. The molecule has 0 amide bonds. The molecule has 0 aliphatic heterocycles. The van der Waals surface area contributed by atoms with Gasteiger partial charge in [0.25, 0.3) is 0 Å². The molecule has 1 aromatic carbocycles. The number of ether oxygens (including phenoxy) is 1. The number of carbonyl (C=O) groups excluding carboxylic acids is 1. The highest BCUT2D eigenvalue weighted by atomic mass is 16.5. The van der Waals surface area contributed by atoms with Crippen molar-refractivity contribution in [2.75, 3.05) is 7.11 Å². The standard InChI is InChI=1S/C11H12N2O2/c1-7-9-4-8(6-14)5-10(15-3)11(9)12-13(7)2/h4-6H,1-3H3. The second-order valence-electron chi connectivity index (χ2n) is 3.45. The molecule has 4 heteroatoms. The molecule has 15 heavy (non-hydrogen) atoms. The van der Waals surface area contributed by atoms with Gasteiger partial charge in [-0.2, -0.15) is 5.10 Å². The summed E-state index contributed by atoms with van der Waals surface area (Å²) in [5.41, 5.74) is 2.42. The molecule has 1 heterocycles. The number of benzene rings is 1. The van der Waals surface area contributed by atoms with E-state index < -0.39 is 0 Å². The average molecular weight is 204 g/mol. The molecule has 2 aromatic rings. The summed E-state index contributed by atoms with van der Waals surface area (Å²) < 4.78 is 6.98. The van der Waals surface area contributed by atoms with Crippen LogP contribution in [-0.4, -0.2) is 23.2 Å². The van der Waals surface area contributed by atoms with Crippen molar-refractivity contribution < 1.29 is 9.53 Å². The molecule has 1 aromatic heterocycles. The van der Waals surface area contributed by atoms with Crippen molar-refractivity contribution in [3.8, 4) is 5.75 Å². The number of fused-ring (bicyclic) bond motifs is 1. The number of carbonyl (C=O) groups is 1. The Morgan fingerprint density at radius 3 is 2.80 bits per heavy atom. The molecule has 78 valence electrons. The zero-order chi connectivity index (χ0) is 11.0. The summed E-state index contributed by atoms with van der Waals surface area (Å²) in [6, 6.07) is 3.52. The lowest BCUT2D eigenvalue weighted by Crippen LogP contribution is -1.91. The van der Waals surface area contributed by atoms with E-state index in [9.17, 15) is 4.79 Å². The maximum atomic E-state index is 10.8. The molecule has 0 fully saturated rings. The van der Waals surface area contributed by atoms with Gasteiger partial charge in [-0.3, -0.25) is 9.48 Å². The van der Waals surface area contributed by atoms with E-state index in [1.165, 1.54) is 0 Å². The molecule has 0 saturated heterocycles. The maximum Gasteiger partial charge on any atom is 0.150 e. The van der Waals surface area contributed by atoms with Crippen molar-refractivity contribution in [1.82, 2.24) is 9.78 Å². The molecule has 0 spiro atoms. The summed E-state index contributed by atoms with van der Waals surface area (Å²) >= 11 is 0. The van der Waals surface area contributed by atoms with Gasteiger partial charge in [-0.15, -0.1) is 0 Å². The summed E-state index contributed by atoms with van der Waals surface area (Å²) in [6.07, 6.45) is 0.814. The topological polar surface area (TPSA) is 44.1 Å². The third-order valence-corrected chi connectivity index (χ3v) is 2.58. The number of hydrogen-bond acceptors (Lipinski definition) is 3. The predicted molar refractivity (Wildman–Crippen MR) is 57.4 cm³/mol. The minimum atomic E-state index is 0.607. The van der Waals surface area contributed by atoms with E-state index >= 15 is 0 Å². The summed E-state index contributed by atoms with van der Waals surface area (Å²) in [4.78, 5) is 10.8. The van der Waals surface area contributed by atoms with E-state index in [1.54, 1.807) is 17.9 Å². The Balaban J connectivity index is 2.86. The van der Waals surface area contributed by atoms with E-state index in [4.69, 9.17) is 4.74 Å². The lowest BCUT2D eigenvalue weighted by Gasteiger charge is -2.01. The summed E-state index contributed by atoms with van der Waals surface area (Å²) in [5, 5.41) is 5.29. The van der Waals surface area contributed by atoms with Gasteiger partial charge in [0.05, 0.1) is 7.11 Å². The van der Waals surface area contributed by atoms with Crippen LogP contribution < -0.4 is 4.74 Å². The number of aldehydes is 1. The minimum absolute atomic E-state index is 0.607. The number of aromatic nitrogens is 2. The lowest BCUT2D eigenvalue weighted by atomic mass is 10.1. The van der Waals surface area contributed by atoms with Crippen molar-refractivity contribution in [3.63, 3.8) is 0 Å². The molecular weight excluding hydrogens is 192 g/mol. The normalized spacial score (nSPS) is 10.6. The van der Waals surface area contributed by atoms with Gasteiger partial charge < -0.3 is 4.74 Å². The van der Waals surface area contributed by atoms with Crippen LogP contribution in [-0.2, 0) is 7.05 Å². The van der Waals surface area contributed by atoms with Crippen molar-refractivity contribution >= 4 is 17.2 Å². The highest BCUT2D eigenvalue weighted by molar-refractivity contribution is 5.92. The van der Waals surface area contributed by atoms with Crippen LogP contribution >= 0.6 is 0 Å². The predicted octanol–water partition coefficient (Wildman–Crippen LogP) is 1.70. The molecule has 0 saturated carbocycles. The molecule has 0 aliphatic rings. The van der Waals surface area contributed by atoms with Crippen molar-refractivity contribution in [1.29, 1.82) is 0 Å². The molecule has 0 bridgehead atoms. The van der Waals surface area contributed by atoms with E-state index in [2.05, 4.69) is 5.10 Å². The van der Waals surface area contributed by atoms with Gasteiger partial charge >= 0.3 is 0 Å². The monoisotopic (exact) mass is 204 g/mol. The van der Waals surface area contributed by atoms with Gasteiger partial charge in [-0.25, -0.2) is 0 Å². The molecule has 0 N–H and O–H groups in total. The van der Waals surface area contributed by atoms with Crippen LogP contribution in [0.5, 0.6) is 5.75 Å². The third-order valence-electron chi connectivity index (χ3n) is 2.58. The smallest absolute Gasteiger partial charge is 0.150 e. The van der Waals surface area contributed by atoms with Gasteiger partial charge in [-0.05, 0) is 19.1 Å². The summed E-state index contributed by atoms with van der Waals surface area (Å²) in [6.45, 7) is 1.96. The first-order chi connectivity index (χ1) is 7.17. The molecule has 0 unspecified atom stereocenters. The SMILES string of the molecule is COc1cc(C=O)cc2c(C)n(C)nc12. The summed E-state index contributed by atoms with van der Waals surface area (Å²) in [7, 11) is 3.45. The highest BCUT2D eigenvalue weighted by Crippen LogP contribution is 2.27. The van der Waals surface area contributed by atoms with Crippen molar-refractivity contribution in [3.05, 3.63) is 23.4 Å². The second-order valence-corrected chi connectivity index (χ2v) is 3.45. The average Bonchev–Trinajstić information content (AvgIpc) is 2.54. The number of rotatable bonds is 2. The van der Waals surface area contributed by atoms with Crippen LogP contribution in [0.15, 0.2) is 12.1 Å². The van der Waals surface area contributed by atoms with E-state index in [0.717, 1.165) is 22.9 Å². The minimum Gasteiger partial charge on any atom is -0.494 e. The first-order valence-corrected chi connectivity index (χ1v) is 4.64. The van der Waals surface area contributed by atoms with Crippen LogP contribution in [0, 0.1) is 6.92 Å². The third kappa shape index (κ3) is 1.38. The van der Waals surface area contributed by atoms with Crippen molar-refractivity contribution in [2.24, 2.45) is 7.05 Å². The van der Waals surface area contributed by atoms with Crippen LogP contribution in [0.4, 0.5) is 0 Å². The van der Waals surface area contributed by atoms with Gasteiger partial charge in [0, 0.05) is 23.7 Å². The van der Waals surface area contributed by atoms with E-state index in [0.29, 0.717) is 11.3 Å². The van der Waals surface area contributed by atoms with Crippen LogP contribution in [0.25, 0.3) is 10.9 Å². The molecular formula is C11H12N2O2. The Labute approximate surface area is 87.5 Å². The van der Waals surface area contributed by atoms with Crippen LogP contribution in [0.1, 0.15) is 16.1 Å². The zero-order valence-electron chi connectivity index (χ0n) is 8.94. The molecule has 0 aliphatic carbocycles. The molecule has 2 rings (SSSR count). The quantitative estimate of drug-likeness (QED) is 0.699. The summed E-state index contributed by atoms with van der Waals surface area (Å²) in [5.74, 6) is 0.637. The Bertz CT molecular complexity index is 529. The van der Waals surface area contributed by atoms with Crippen LogP contribution in [0.2, 0.25) is 0 Å². The largest absolute Gasteiger partial charge is 0.494 e. The van der Waals surface area contributed by atoms with E-state index in [1.807, 2.05) is 20.0 Å². The Morgan fingerprint density at radius 1 is 1.47 bits per heavy atom. The Hall–Kier alpha value is -1.84. The zero-order valence-corrected chi connectivity index (χ0v) is 8.94. The van der Waals surface area contributed by atoms with Gasteiger partial charge in [-0.1, -0.05) is 0 Å². The first kappa shape index (κ1) is 9.71. The lowest BCUT2D eigenvalue weighted by molar-refractivity contribution is 0.112. The van der Waals surface area contributed by atoms with Crippen molar-refractivity contribution in [2.45, 2.75) is 6.92 Å². The maximum absolute atomic E-state index is 10.8. The van der Waals surface area contributed by atoms with E-state index in [-0.39, 0.29) is 0 Å². The molecule has 0 atom stereocenters. The molecule has 4 nitrogen and oxygen atoms in total. The fraction of sp³-hybridized carbons (Fsp3) is 0.273. The molecule has 0 radical (unpaired) electrons. The van der Waals surface area contributed by atoms with Gasteiger partial charge in [0.15, 0.2) is 0 Å². The second kappa shape index (κ2) is 3.38. The van der Waals surface area contributed by atoms with Crippen LogP contribution in [0.3, 0.4) is 0 Å². The Kier molecular flexibility index (Phi) is 2.19.